The van der Waals surface area contributed by atoms with Crippen molar-refractivity contribution in [2.24, 2.45) is 0 Å². The molecule has 0 aliphatic heterocycles. The molecule has 2 nitrogen and oxygen atoms in total. The minimum Gasteiger partial charge on any atom is -0.395 e. The predicted octanol–water partition coefficient (Wildman–Crippen LogP) is 0.757. The Hall–Kier alpha value is -0.0800. The summed E-state index contributed by atoms with van der Waals surface area (Å²) in [4.78, 5) is 0. The lowest BCUT2D eigenvalue weighted by molar-refractivity contribution is 0.284. The van der Waals surface area contributed by atoms with Crippen molar-refractivity contribution in [2.75, 3.05) is 13.2 Å². The van der Waals surface area contributed by atoms with Crippen molar-refractivity contribution in [3.05, 3.63) is 0 Å². The van der Waals surface area contributed by atoms with Crippen LogP contribution in [0, 0.1) is 0 Å². The second-order valence-electron chi connectivity index (χ2n) is 2.37. The van der Waals surface area contributed by atoms with E-state index in [0.29, 0.717) is 6.04 Å². The summed E-state index contributed by atoms with van der Waals surface area (Å²) in [6.45, 7) is 5.27. The first-order chi connectivity index (χ1) is 4.31. The molecule has 2 N–H and O–H groups in total. The van der Waals surface area contributed by atoms with Crippen LogP contribution in [-0.2, 0) is 0 Å². The number of rotatable bonds is 5. The Morgan fingerprint density at radius 2 is 2.22 bits per heavy atom. The van der Waals surface area contributed by atoms with Crippen molar-refractivity contribution in [2.45, 2.75) is 32.7 Å². The Labute approximate surface area is 57.3 Å². The molecular formula is C7H17NO. The molecule has 0 spiro atoms. The van der Waals surface area contributed by atoms with Crippen molar-refractivity contribution >= 4 is 0 Å². The molecule has 0 aliphatic rings. The van der Waals surface area contributed by atoms with Gasteiger partial charge in [0, 0.05) is 12.6 Å². The molecule has 2 heteroatoms. The van der Waals surface area contributed by atoms with E-state index in [2.05, 4.69) is 19.2 Å². The topological polar surface area (TPSA) is 32.3 Å². The Morgan fingerprint density at radius 1 is 1.56 bits per heavy atom. The fourth-order valence-electron chi connectivity index (χ4n) is 0.846. The molecule has 0 aromatic heterocycles. The van der Waals surface area contributed by atoms with E-state index in [9.17, 15) is 0 Å². The molecule has 0 aromatic carbocycles. The molecular weight excluding hydrogens is 114 g/mol. The van der Waals surface area contributed by atoms with Crippen LogP contribution in [0.4, 0.5) is 0 Å². The monoisotopic (exact) mass is 131 g/mol. The van der Waals surface area contributed by atoms with Gasteiger partial charge in [-0.2, -0.15) is 0 Å². The lowest BCUT2D eigenvalue weighted by Crippen LogP contribution is -2.28. The Morgan fingerprint density at radius 3 is 2.67 bits per heavy atom. The standard InChI is InChI=1S/C7H17NO/c1-3-4-7(2)8-5-6-9/h7-9H,3-6H2,1-2H3. The molecule has 1 atom stereocenters. The SMILES string of the molecule is CCCC(C)NCCO. The molecule has 0 saturated carbocycles. The Bertz CT molecular complexity index is 56.9. The van der Waals surface area contributed by atoms with E-state index in [4.69, 9.17) is 5.11 Å². The zero-order chi connectivity index (χ0) is 7.11. The summed E-state index contributed by atoms with van der Waals surface area (Å²) in [6, 6.07) is 0.558. The van der Waals surface area contributed by atoms with E-state index < -0.39 is 0 Å². The van der Waals surface area contributed by atoms with E-state index in [0.717, 1.165) is 6.54 Å². The summed E-state index contributed by atoms with van der Waals surface area (Å²) in [5, 5.41) is 11.6. The summed E-state index contributed by atoms with van der Waals surface area (Å²) >= 11 is 0. The van der Waals surface area contributed by atoms with Crippen molar-refractivity contribution in [1.82, 2.24) is 5.32 Å². The smallest absolute Gasteiger partial charge is 0.0556 e. The number of hydrogen-bond acceptors (Lipinski definition) is 2. The Balaban J connectivity index is 2.95. The molecule has 0 rings (SSSR count). The lowest BCUT2D eigenvalue weighted by Gasteiger charge is -2.10. The maximum absolute atomic E-state index is 8.42. The van der Waals surface area contributed by atoms with Crippen LogP contribution in [0.5, 0.6) is 0 Å². The molecule has 0 aromatic rings. The summed E-state index contributed by atoms with van der Waals surface area (Å²) in [7, 11) is 0. The van der Waals surface area contributed by atoms with E-state index >= 15 is 0 Å². The van der Waals surface area contributed by atoms with Gasteiger partial charge in [-0.1, -0.05) is 13.3 Å². The molecule has 0 aliphatic carbocycles. The fourth-order valence-corrected chi connectivity index (χ4v) is 0.846. The van der Waals surface area contributed by atoms with Gasteiger partial charge in [0.15, 0.2) is 0 Å². The van der Waals surface area contributed by atoms with Crippen LogP contribution in [0.1, 0.15) is 26.7 Å². The van der Waals surface area contributed by atoms with E-state index in [1.807, 2.05) is 0 Å². The normalized spacial score (nSPS) is 13.7. The van der Waals surface area contributed by atoms with Gasteiger partial charge < -0.3 is 10.4 Å². The van der Waals surface area contributed by atoms with Crippen molar-refractivity contribution in [3.63, 3.8) is 0 Å². The minimum absolute atomic E-state index is 0.244. The molecule has 1 unspecified atom stereocenters. The highest BCUT2D eigenvalue weighted by atomic mass is 16.3. The second kappa shape index (κ2) is 6.05. The maximum Gasteiger partial charge on any atom is 0.0556 e. The first kappa shape index (κ1) is 8.92. The molecule has 9 heavy (non-hydrogen) atoms. The maximum atomic E-state index is 8.42. The third-order valence-corrected chi connectivity index (χ3v) is 1.33. The first-order valence-electron chi connectivity index (χ1n) is 3.65. The van der Waals surface area contributed by atoms with Crippen molar-refractivity contribution < 1.29 is 5.11 Å². The number of nitrogens with one attached hydrogen (secondary N) is 1. The summed E-state index contributed by atoms with van der Waals surface area (Å²) in [5.41, 5.74) is 0. The number of aliphatic hydroxyl groups is 1. The van der Waals surface area contributed by atoms with Crippen LogP contribution >= 0.6 is 0 Å². The predicted molar refractivity (Wildman–Crippen MR) is 39.5 cm³/mol. The van der Waals surface area contributed by atoms with Gasteiger partial charge in [-0.05, 0) is 13.3 Å². The van der Waals surface area contributed by atoms with Gasteiger partial charge >= 0.3 is 0 Å². The second-order valence-corrected chi connectivity index (χ2v) is 2.37. The largest absolute Gasteiger partial charge is 0.395 e. The highest BCUT2D eigenvalue weighted by Crippen LogP contribution is 1.92. The molecule has 0 bridgehead atoms. The molecule has 0 fully saturated rings. The quantitative estimate of drug-likeness (QED) is 0.577. The Kier molecular flexibility index (Phi) is 5.99. The van der Waals surface area contributed by atoms with Gasteiger partial charge in [0.2, 0.25) is 0 Å². The van der Waals surface area contributed by atoms with Crippen molar-refractivity contribution in [1.29, 1.82) is 0 Å². The van der Waals surface area contributed by atoms with Crippen LogP contribution in [0.15, 0.2) is 0 Å². The zero-order valence-electron chi connectivity index (χ0n) is 6.35. The fraction of sp³-hybridized carbons (Fsp3) is 1.00. The van der Waals surface area contributed by atoms with Crippen LogP contribution in [0.25, 0.3) is 0 Å². The average Bonchev–Trinajstić information content (AvgIpc) is 1.85. The van der Waals surface area contributed by atoms with E-state index in [1.54, 1.807) is 0 Å². The highest BCUT2D eigenvalue weighted by Gasteiger charge is 1.95. The third kappa shape index (κ3) is 5.80. The summed E-state index contributed by atoms with van der Waals surface area (Å²) < 4.78 is 0. The zero-order valence-corrected chi connectivity index (χ0v) is 6.35. The van der Waals surface area contributed by atoms with Gasteiger partial charge in [0.05, 0.1) is 6.61 Å². The highest BCUT2D eigenvalue weighted by molar-refractivity contribution is 4.57. The summed E-state index contributed by atoms with van der Waals surface area (Å²) in [6.07, 6.45) is 2.40. The molecule has 0 radical (unpaired) electrons. The lowest BCUT2D eigenvalue weighted by atomic mass is 10.2. The van der Waals surface area contributed by atoms with Crippen LogP contribution in [-0.4, -0.2) is 24.3 Å². The third-order valence-electron chi connectivity index (χ3n) is 1.33. The van der Waals surface area contributed by atoms with Gasteiger partial charge in [0.1, 0.15) is 0 Å². The minimum atomic E-state index is 0.244. The van der Waals surface area contributed by atoms with Gasteiger partial charge in [-0.3, -0.25) is 0 Å². The summed E-state index contributed by atoms with van der Waals surface area (Å²) in [5.74, 6) is 0. The van der Waals surface area contributed by atoms with Crippen molar-refractivity contribution in [3.8, 4) is 0 Å². The number of hydrogen-bond donors (Lipinski definition) is 2. The van der Waals surface area contributed by atoms with Gasteiger partial charge in [-0.25, -0.2) is 0 Å². The molecule has 56 valence electrons. The molecule has 0 saturated heterocycles. The van der Waals surface area contributed by atoms with Crippen LogP contribution in [0.2, 0.25) is 0 Å². The average molecular weight is 131 g/mol. The molecule has 0 amide bonds. The molecule has 0 heterocycles. The van der Waals surface area contributed by atoms with Gasteiger partial charge in [-0.15, -0.1) is 0 Å². The van der Waals surface area contributed by atoms with Crippen LogP contribution in [0.3, 0.4) is 0 Å². The van der Waals surface area contributed by atoms with Crippen LogP contribution < -0.4 is 5.32 Å². The first-order valence-corrected chi connectivity index (χ1v) is 3.65. The number of aliphatic hydroxyl groups excluding tert-OH is 1. The van der Waals surface area contributed by atoms with E-state index in [1.165, 1.54) is 12.8 Å². The van der Waals surface area contributed by atoms with E-state index in [-0.39, 0.29) is 6.61 Å². The van der Waals surface area contributed by atoms with Gasteiger partial charge in [0.25, 0.3) is 0 Å².